The number of carbonyl (C=O) groups excluding carboxylic acids is 1. The number of piperidine rings is 1. The van der Waals surface area contributed by atoms with Crippen molar-refractivity contribution in [2.24, 2.45) is 5.92 Å². The number of carboxylic acids is 1. The van der Waals surface area contributed by atoms with Crippen LogP contribution in [0.15, 0.2) is 0 Å². The van der Waals surface area contributed by atoms with Gasteiger partial charge in [-0.05, 0) is 33.7 Å². The molecule has 0 aromatic carbocycles. The van der Waals surface area contributed by atoms with Crippen molar-refractivity contribution in [2.75, 3.05) is 20.1 Å². The van der Waals surface area contributed by atoms with Crippen LogP contribution >= 0.6 is 0 Å². The molecule has 0 saturated carbocycles. The van der Waals surface area contributed by atoms with Gasteiger partial charge in [-0.3, -0.25) is 9.59 Å². The van der Waals surface area contributed by atoms with Crippen molar-refractivity contribution in [3.05, 3.63) is 0 Å². The largest absolute Gasteiger partial charge is 0.481 e. The summed E-state index contributed by atoms with van der Waals surface area (Å²) in [7, 11) is 1.73. The number of nitrogens with one attached hydrogen (secondary N) is 1. The van der Waals surface area contributed by atoms with Crippen molar-refractivity contribution in [3.8, 4) is 0 Å². The number of rotatable bonds is 3. The number of likely N-dealkylation sites (N-methyl/N-ethyl adjacent to an activating group) is 1. The summed E-state index contributed by atoms with van der Waals surface area (Å²) in [6, 6.07) is 0. The number of carbonyl (C=O) groups is 2. The molecule has 92 valence electrons. The molecule has 1 fully saturated rings. The first kappa shape index (κ1) is 13.0. The predicted molar refractivity (Wildman–Crippen MR) is 60.1 cm³/mol. The lowest BCUT2D eigenvalue weighted by Gasteiger charge is -2.36. The quantitative estimate of drug-likeness (QED) is 0.729. The fourth-order valence-corrected chi connectivity index (χ4v) is 1.87. The van der Waals surface area contributed by atoms with E-state index in [0.717, 1.165) is 6.42 Å². The van der Waals surface area contributed by atoms with E-state index >= 15 is 0 Å². The Morgan fingerprint density at radius 2 is 2.06 bits per heavy atom. The number of hydrogen-bond acceptors (Lipinski definition) is 3. The van der Waals surface area contributed by atoms with Crippen molar-refractivity contribution in [1.82, 2.24) is 10.2 Å². The van der Waals surface area contributed by atoms with Crippen LogP contribution < -0.4 is 5.32 Å². The highest BCUT2D eigenvalue weighted by Gasteiger charge is 2.34. The second kappa shape index (κ2) is 4.82. The third-order valence-corrected chi connectivity index (χ3v) is 3.22. The summed E-state index contributed by atoms with van der Waals surface area (Å²) in [5, 5.41) is 11.9. The lowest BCUT2D eigenvalue weighted by atomic mass is 9.95. The number of nitrogens with zero attached hydrogens (tertiary/aromatic N) is 1. The average molecular weight is 228 g/mol. The van der Waals surface area contributed by atoms with Gasteiger partial charge in [0.25, 0.3) is 0 Å². The van der Waals surface area contributed by atoms with Gasteiger partial charge in [-0.2, -0.15) is 0 Å². The molecule has 0 unspecified atom stereocenters. The molecule has 0 radical (unpaired) electrons. The average Bonchev–Trinajstić information content (AvgIpc) is 2.28. The Balaban J connectivity index is 2.67. The Morgan fingerprint density at radius 1 is 1.44 bits per heavy atom. The molecule has 1 saturated heterocycles. The number of aliphatic carboxylic acids is 1. The molecule has 1 atom stereocenters. The Morgan fingerprint density at radius 3 is 2.56 bits per heavy atom. The van der Waals surface area contributed by atoms with E-state index in [1.165, 1.54) is 0 Å². The minimum atomic E-state index is -0.806. The molecule has 1 heterocycles. The highest BCUT2D eigenvalue weighted by atomic mass is 16.4. The zero-order valence-corrected chi connectivity index (χ0v) is 10.1. The van der Waals surface area contributed by atoms with Gasteiger partial charge in [0.1, 0.15) is 0 Å². The van der Waals surface area contributed by atoms with E-state index in [1.54, 1.807) is 25.8 Å². The molecule has 0 aromatic heterocycles. The Labute approximate surface area is 95.8 Å². The van der Waals surface area contributed by atoms with Gasteiger partial charge in [0.2, 0.25) is 5.91 Å². The van der Waals surface area contributed by atoms with Crippen molar-refractivity contribution < 1.29 is 14.7 Å². The number of carboxylic acid groups (broad SMARTS) is 1. The van der Waals surface area contributed by atoms with E-state index in [-0.39, 0.29) is 5.91 Å². The molecule has 2 N–H and O–H groups in total. The minimum Gasteiger partial charge on any atom is -0.481 e. The fourth-order valence-electron chi connectivity index (χ4n) is 1.87. The standard InChI is InChI=1S/C11H20N2O3/c1-11(2,12-3)10(16)13-6-4-5-8(7-13)9(14)15/h8,12H,4-7H2,1-3H3,(H,14,15)/t8-/m1/s1. The van der Waals surface area contributed by atoms with Crippen LogP contribution in [0.4, 0.5) is 0 Å². The van der Waals surface area contributed by atoms with Crippen LogP contribution in [0.5, 0.6) is 0 Å². The summed E-state index contributed by atoms with van der Waals surface area (Å²) >= 11 is 0. The van der Waals surface area contributed by atoms with Crippen LogP contribution in [-0.2, 0) is 9.59 Å². The summed E-state index contributed by atoms with van der Waals surface area (Å²) < 4.78 is 0. The molecular formula is C11H20N2O3. The normalized spacial score (nSPS) is 21.9. The summed E-state index contributed by atoms with van der Waals surface area (Å²) in [5.74, 6) is -1.24. The third-order valence-electron chi connectivity index (χ3n) is 3.22. The molecule has 0 bridgehead atoms. The smallest absolute Gasteiger partial charge is 0.308 e. The topological polar surface area (TPSA) is 69.6 Å². The first-order chi connectivity index (χ1) is 7.38. The third kappa shape index (κ3) is 2.72. The van der Waals surface area contributed by atoms with Gasteiger partial charge in [0.15, 0.2) is 0 Å². The van der Waals surface area contributed by atoms with Crippen LogP contribution in [-0.4, -0.2) is 47.6 Å². The molecule has 0 aromatic rings. The van der Waals surface area contributed by atoms with Crippen LogP contribution in [0.2, 0.25) is 0 Å². The van der Waals surface area contributed by atoms with Gasteiger partial charge in [-0.25, -0.2) is 0 Å². The number of likely N-dealkylation sites (tertiary alicyclic amines) is 1. The SMILES string of the molecule is CNC(C)(C)C(=O)N1CCC[C@@H](C(=O)O)C1. The minimum absolute atomic E-state index is 0.0269. The van der Waals surface area contributed by atoms with Crippen LogP contribution in [0.3, 0.4) is 0 Å². The van der Waals surface area contributed by atoms with Crippen molar-refractivity contribution in [1.29, 1.82) is 0 Å². The van der Waals surface area contributed by atoms with Gasteiger partial charge < -0.3 is 15.3 Å². The van der Waals surface area contributed by atoms with E-state index in [4.69, 9.17) is 5.11 Å². The van der Waals surface area contributed by atoms with Crippen molar-refractivity contribution in [3.63, 3.8) is 0 Å². The molecule has 5 heteroatoms. The molecule has 1 rings (SSSR count). The molecule has 1 aliphatic heterocycles. The Kier molecular flexibility index (Phi) is 3.91. The van der Waals surface area contributed by atoms with Gasteiger partial charge in [0.05, 0.1) is 11.5 Å². The fraction of sp³-hybridized carbons (Fsp3) is 0.818. The number of amides is 1. The van der Waals surface area contributed by atoms with Crippen molar-refractivity contribution in [2.45, 2.75) is 32.2 Å². The summed E-state index contributed by atoms with van der Waals surface area (Å²) in [6.07, 6.45) is 1.43. The lowest BCUT2D eigenvalue weighted by Crippen LogP contribution is -2.55. The zero-order chi connectivity index (χ0) is 12.3. The van der Waals surface area contributed by atoms with E-state index in [0.29, 0.717) is 19.5 Å². The van der Waals surface area contributed by atoms with Crippen LogP contribution in [0, 0.1) is 5.92 Å². The zero-order valence-electron chi connectivity index (χ0n) is 10.1. The van der Waals surface area contributed by atoms with E-state index in [9.17, 15) is 9.59 Å². The summed E-state index contributed by atoms with van der Waals surface area (Å²) in [5.41, 5.74) is -0.625. The van der Waals surface area contributed by atoms with Gasteiger partial charge in [-0.15, -0.1) is 0 Å². The second-order valence-corrected chi connectivity index (χ2v) is 4.80. The van der Waals surface area contributed by atoms with Crippen LogP contribution in [0.25, 0.3) is 0 Å². The van der Waals surface area contributed by atoms with E-state index in [1.807, 2.05) is 0 Å². The lowest BCUT2D eigenvalue weighted by molar-refractivity contribution is -0.147. The maximum absolute atomic E-state index is 12.1. The Hall–Kier alpha value is -1.10. The highest BCUT2D eigenvalue weighted by Crippen LogP contribution is 2.19. The molecule has 1 aliphatic rings. The first-order valence-electron chi connectivity index (χ1n) is 5.59. The molecule has 5 nitrogen and oxygen atoms in total. The molecule has 0 aliphatic carbocycles. The molecular weight excluding hydrogens is 208 g/mol. The predicted octanol–water partition coefficient (Wildman–Crippen LogP) is 0.308. The molecule has 0 spiro atoms. The second-order valence-electron chi connectivity index (χ2n) is 4.80. The Bertz CT molecular complexity index is 289. The maximum atomic E-state index is 12.1. The summed E-state index contributed by atoms with van der Waals surface area (Å²) in [4.78, 5) is 24.6. The van der Waals surface area contributed by atoms with Gasteiger partial charge in [0, 0.05) is 13.1 Å². The molecule has 1 amide bonds. The highest BCUT2D eigenvalue weighted by molar-refractivity contribution is 5.86. The molecule has 16 heavy (non-hydrogen) atoms. The van der Waals surface area contributed by atoms with E-state index in [2.05, 4.69) is 5.32 Å². The van der Waals surface area contributed by atoms with Crippen molar-refractivity contribution >= 4 is 11.9 Å². The first-order valence-corrected chi connectivity index (χ1v) is 5.59. The maximum Gasteiger partial charge on any atom is 0.308 e. The van der Waals surface area contributed by atoms with Crippen LogP contribution in [0.1, 0.15) is 26.7 Å². The number of hydrogen-bond donors (Lipinski definition) is 2. The van der Waals surface area contributed by atoms with Gasteiger partial charge in [-0.1, -0.05) is 0 Å². The van der Waals surface area contributed by atoms with E-state index < -0.39 is 17.4 Å². The van der Waals surface area contributed by atoms with Gasteiger partial charge >= 0.3 is 5.97 Å². The monoisotopic (exact) mass is 228 g/mol. The summed E-state index contributed by atoms with van der Waals surface area (Å²) in [6.45, 7) is 4.60.